The van der Waals surface area contributed by atoms with Crippen molar-refractivity contribution < 1.29 is 13.9 Å². The predicted octanol–water partition coefficient (Wildman–Crippen LogP) is 3.13. The lowest BCUT2D eigenvalue weighted by atomic mass is 10.1. The number of rotatable bonds is 9. The molecule has 0 radical (unpaired) electrons. The lowest BCUT2D eigenvalue weighted by Crippen LogP contribution is -2.26. The number of halogens is 2. The summed E-state index contributed by atoms with van der Waals surface area (Å²) < 4.78 is 24.1. The quantitative estimate of drug-likeness (QED) is 0.711. The van der Waals surface area contributed by atoms with Crippen molar-refractivity contribution in [2.75, 3.05) is 26.8 Å². The summed E-state index contributed by atoms with van der Waals surface area (Å²) in [6.07, 6.45) is 1.50. The van der Waals surface area contributed by atoms with Gasteiger partial charge in [-0.1, -0.05) is 18.5 Å². The van der Waals surface area contributed by atoms with E-state index in [-0.39, 0.29) is 16.7 Å². The van der Waals surface area contributed by atoms with E-state index in [2.05, 4.69) is 5.32 Å². The smallest absolute Gasteiger partial charge is 0.143 e. The zero-order chi connectivity index (χ0) is 15.7. The minimum Gasteiger partial charge on any atom is -0.489 e. The summed E-state index contributed by atoms with van der Waals surface area (Å²) >= 11 is 5.74. The molecule has 0 aliphatic heterocycles. The van der Waals surface area contributed by atoms with Crippen LogP contribution in [0.1, 0.15) is 25.3 Å². The van der Waals surface area contributed by atoms with Crippen LogP contribution in [0.25, 0.3) is 0 Å². The molecular formula is C15H20ClFN2O2. The maximum Gasteiger partial charge on any atom is 0.143 e. The van der Waals surface area contributed by atoms with Crippen LogP contribution < -0.4 is 10.1 Å². The highest BCUT2D eigenvalue weighted by Crippen LogP contribution is 2.27. The molecule has 0 spiro atoms. The molecule has 0 bridgehead atoms. The molecular weight excluding hydrogens is 295 g/mol. The highest BCUT2D eigenvalue weighted by atomic mass is 35.5. The zero-order valence-corrected chi connectivity index (χ0v) is 13.0. The first-order chi connectivity index (χ1) is 10.1. The van der Waals surface area contributed by atoms with E-state index in [9.17, 15) is 4.39 Å². The molecule has 1 aromatic rings. The Bertz CT molecular complexity index is 491. The third kappa shape index (κ3) is 5.88. The normalized spacial score (nSPS) is 12.0. The van der Waals surface area contributed by atoms with Gasteiger partial charge in [-0.05, 0) is 25.5 Å². The molecule has 0 saturated heterocycles. The maximum absolute atomic E-state index is 13.3. The molecule has 1 aromatic carbocycles. The number of nitrogens with zero attached hydrogens (tertiary/aromatic N) is 1. The molecule has 0 aliphatic carbocycles. The number of nitrogens with one attached hydrogen (secondary N) is 1. The van der Waals surface area contributed by atoms with Gasteiger partial charge in [0.25, 0.3) is 0 Å². The molecule has 6 heteroatoms. The molecule has 0 amide bonds. The summed E-state index contributed by atoms with van der Waals surface area (Å²) in [7, 11) is 1.65. The van der Waals surface area contributed by atoms with Crippen molar-refractivity contribution in [2.45, 2.75) is 25.9 Å². The van der Waals surface area contributed by atoms with E-state index in [4.69, 9.17) is 26.3 Å². The maximum atomic E-state index is 13.3. The van der Waals surface area contributed by atoms with Gasteiger partial charge >= 0.3 is 0 Å². The molecule has 0 aromatic heterocycles. The minimum absolute atomic E-state index is 0.0444. The summed E-state index contributed by atoms with van der Waals surface area (Å²) in [4.78, 5) is 0. The Hall–Kier alpha value is -1.35. The molecule has 0 fully saturated rings. The van der Waals surface area contributed by atoms with Crippen molar-refractivity contribution in [3.8, 4) is 11.8 Å². The molecule has 116 valence electrons. The van der Waals surface area contributed by atoms with Crippen molar-refractivity contribution in [1.29, 1.82) is 5.26 Å². The molecule has 1 rings (SSSR count). The molecule has 1 N–H and O–H groups in total. The van der Waals surface area contributed by atoms with Gasteiger partial charge in [-0.3, -0.25) is 0 Å². The van der Waals surface area contributed by atoms with Crippen molar-refractivity contribution in [3.63, 3.8) is 0 Å². The van der Waals surface area contributed by atoms with E-state index in [1.807, 2.05) is 13.0 Å². The largest absolute Gasteiger partial charge is 0.489 e. The average molecular weight is 315 g/mol. The molecule has 21 heavy (non-hydrogen) atoms. The Labute approximate surface area is 129 Å². The lowest BCUT2D eigenvalue weighted by molar-refractivity contribution is 0.177. The molecule has 0 aliphatic rings. The van der Waals surface area contributed by atoms with Crippen LogP contribution in [0, 0.1) is 17.1 Å². The fourth-order valence-corrected chi connectivity index (χ4v) is 1.96. The Morgan fingerprint density at radius 1 is 1.43 bits per heavy atom. The lowest BCUT2D eigenvalue weighted by Gasteiger charge is -2.19. The van der Waals surface area contributed by atoms with E-state index in [0.717, 1.165) is 32.0 Å². The first-order valence-corrected chi connectivity index (χ1v) is 7.25. The van der Waals surface area contributed by atoms with Gasteiger partial charge in [0.2, 0.25) is 0 Å². The van der Waals surface area contributed by atoms with Crippen LogP contribution in [-0.4, -0.2) is 32.9 Å². The first-order valence-electron chi connectivity index (χ1n) is 6.87. The van der Waals surface area contributed by atoms with Crippen LogP contribution in [0.2, 0.25) is 5.02 Å². The minimum atomic E-state index is -0.616. The van der Waals surface area contributed by atoms with Gasteiger partial charge in [-0.15, -0.1) is 0 Å². The standard InChI is InChI=1S/C15H20ClFN2O2/c1-3-12(4-5-19-6-7-20-2)21-15-9-13(16)14(17)8-11(15)10-18/h8-9,12,19H,3-7H2,1-2H3. The van der Waals surface area contributed by atoms with Gasteiger partial charge in [0.1, 0.15) is 17.6 Å². The predicted molar refractivity (Wildman–Crippen MR) is 80.2 cm³/mol. The number of nitriles is 1. The molecule has 4 nitrogen and oxygen atoms in total. The van der Waals surface area contributed by atoms with Gasteiger partial charge < -0.3 is 14.8 Å². The summed E-state index contributed by atoms with van der Waals surface area (Å²) in [6, 6.07) is 4.38. The van der Waals surface area contributed by atoms with Crippen LogP contribution in [0.5, 0.6) is 5.75 Å². The van der Waals surface area contributed by atoms with Gasteiger partial charge in [0, 0.05) is 19.7 Å². The van der Waals surface area contributed by atoms with Gasteiger partial charge in [-0.2, -0.15) is 5.26 Å². The highest BCUT2D eigenvalue weighted by molar-refractivity contribution is 6.30. The molecule has 0 saturated carbocycles. The van der Waals surface area contributed by atoms with Crippen molar-refractivity contribution in [2.24, 2.45) is 0 Å². The summed E-state index contributed by atoms with van der Waals surface area (Å²) in [5.41, 5.74) is 0.155. The van der Waals surface area contributed by atoms with Crippen LogP contribution >= 0.6 is 11.6 Å². The Balaban J connectivity index is 2.61. The second-order valence-electron chi connectivity index (χ2n) is 4.55. The van der Waals surface area contributed by atoms with E-state index < -0.39 is 5.82 Å². The number of hydrogen-bond acceptors (Lipinski definition) is 4. The van der Waals surface area contributed by atoms with E-state index in [1.165, 1.54) is 6.07 Å². The molecule has 1 unspecified atom stereocenters. The Morgan fingerprint density at radius 3 is 2.81 bits per heavy atom. The van der Waals surface area contributed by atoms with Crippen molar-refractivity contribution in [1.82, 2.24) is 5.32 Å². The number of ether oxygens (including phenoxy) is 2. The SMILES string of the molecule is CCC(CCNCCOC)Oc1cc(Cl)c(F)cc1C#N. The highest BCUT2D eigenvalue weighted by Gasteiger charge is 2.14. The number of benzene rings is 1. The van der Waals surface area contributed by atoms with Crippen molar-refractivity contribution in [3.05, 3.63) is 28.5 Å². The second kappa shape index (κ2) is 9.56. The van der Waals surface area contributed by atoms with Gasteiger partial charge in [0.05, 0.1) is 23.3 Å². The second-order valence-corrected chi connectivity index (χ2v) is 4.96. The van der Waals surface area contributed by atoms with Gasteiger partial charge in [-0.25, -0.2) is 4.39 Å². The summed E-state index contributed by atoms with van der Waals surface area (Å²) in [5.74, 6) is -0.289. The Morgan fingerprint density at radius 2 is 2.19 bits per heavy atom. The third-order valence-electron chi connectivity index (χ3n) is 3.02. The third-order valence-corrected chi connectivity index (χ3v) is 3.31. The Kier molecular flexibility index (Phi) is 8.06. The number of hydrogen-bond donors (Lipinski definition) is 1. The fraction of sp³-hybridized carbons (Fsp3) is 0.533. The topological polar surface area (TPSA) is 54.3 Å². The van der Waals surface area contributed by atoms with Crippen molar-refractivity contribution >= 4 is 11.6 Å². The zero-order valence-electron chi connectivity index (χ0n) is 12.3. The number of methoxy groups -OCH3 is 1. The van der Waals surface area contributed by atoms with Crippen LogP contribution in [-0.2, 0) is 4.74 Å². The van der Waals surface area contributed by atoms with Crippen LogP contribution in [0.4, 0.5) is 4.39 Å². The van der Waals surface area contributed by atoms with E-state index in [0.29, 0.717) is 12.4 Å². The van der Waals surface area contributed by atoms with Gasteiger partial charge in [0.15, 0.2) is 0 Å². The van der Waals surface area contributed by atoms with E-state index in [1.54, 1.807) is 7.11 Å². The van der Waals surface area contributed by atoms with Crippen LogP contribution in [0.15, 0.2) is 12.1 Å². The summed E-state index contributed by atoms with van der Waals surface area (Å²) in [6.45, 7) is 4.21. The van der Waals surface area contributed by atoms with E-state index >= 15 is 0 Å². The molecule has 0 heterocycles. The van der Waals surface area contributed by atoms with Crippen LogP contribution in [0.3, 0.4) is 0 Å². The first kappa shape index (κ1) is 17.7. The average Bonchev–Trinajstić information content (AvgIpc) is 2.49. The fourth-order valence-electron chi connectivity index (χ4n) is 1.80. The molecule has 1 atom stereocenters. The summed E-state index contributed by atoms with van der Waals surface area (Å²) in [5, 5.41) is 12.2. The monoisotopic (exact) mass is 314 g/mol.